The first-order valence-corrected chi connectivity index (χ1v) is 9.98. The highest BCUT2D eigenvalue weighted by molar-refractivity contribution is 6.02. The number of aryl methyl sites for hydroxylation is 2. The summed E-state index contributed by atoms with van der Waals surface area (Å²) in [5.74, 6) is 0.983. The van der Waals surface area contributed by atoms with Crippen molar-refractivity contribution in [2.75, 3.05) is 12.4 Å². The van der Waals surface area contributed by atoms with Gasteiger partial charge in [-0.15, -0.1) is 0 Å². The monoisotopic (exact) mass is 423 g/mol. The average Bonchev–Trinajstić information content (AvgIpc) is 3.20. The first-order chi connectivity index (χ1) is 15.5. The number of methoxy groups -OCH3 is 1. The number of benzene rings is 2. The fraction of sp³-hybridized carbons (Fsp3) is 0.120. The smallest absolute Gasteiger partial charge is 0.249 e. The van der Waals surface area contributed by atoms with E-state index in [1.807, 2.05) is 62.4 Å². The minimum atomic E-state index is -0.376. The van der Waals surface area contributed by atoms with Crippen molar-refractivity contribution >= 4 is 28.7 Å². The van der Waals surface area contributed by atoms with E-state index in [9.17, 15) is 10.1 Å². The Morgan fingerprint density at radius 2 is 1.97 bits per heavy atom. The van der Waals surface area contributed by atoms with E-state index < -0.39 is 0 Å². The highest BCUT2D eigenvalue weighted by Gasteiger charge is 2.17. The topological polar surface area (TPSA) is 92.8 Å². The van der Waals surface area contributed by atoms with Crippen LogP contribution in [0.4, 0.5) is 5.82 Å². The Labute approximate surface area is 185 Å². The molecule has 0 bridgehead atoms. The fourth-order valence-electron chi connectivity index (χ4n) is 3.38. The van der Waals surface area contributed by atoms with E-state index in [2.05, 4.69) is 16.5 Å². The molecule has 0 spiro atoms. The van der Waals surface area contributed by atoms with E-state index in [1.165, 1.54) is 17.0 Å². The second-order valence-electron chi connectivity index (χ2n) is 7.32. The number of nitrogens with zero attached hydrogens (tertiary/aromatic N) is 4. The van der Waals surface area contributed by atoms with Crippen molar-refractivity contribution in [1.29, 1.82) is 5.26 Å². The van der Waals surface area contributed by atoms with Crippen molar-refractivity contribution in [3.05, 3.63) is 83.1 Å². The Hall–Kier alpha value is -4.44. The molecule has 2 heterocycles. The zero-order valence-corrected chi connectivity index (χ0v) is 18.0. The summed E-state index contributed by atoms with van der Waals surface area (Å²) in [6, 6.07) is 17.4. The summed E-state index contributed by atoms with van der Waals surface area (Å²) in [5.41, 5.74) is 3.93. The number of hydrogen-bond donors (Lipinski definition) is 1. The molecule has 1 N–H and O–H groups in total. The Morgan fingerprint density at radius 1 is 1.19 bits per heavy atom. The van der Waals surface area contributed by atoms with E-state index in [1.54, 1.807) is 13.2 Å². The van der Waals surface area contributed by atoms with Gasteiger partial charge < -0.3 is 10.1 Å². The second-order valence-corrected chi connectivity index (χ2v) is 7.32. The van der Waals surface area contributed by atoms with Crippen LogP contribution < -0.4 is 10.1 Å². The molecular formula is C25H21N5O2. The Bertz CT molecular complexity index is 1380. The van der Waals surface area contributed by atoms with Gasteiger partial charge in [0, 0.05) is 11.5 Å². The van der Waals surface area contributed by atoms with Crippen LogP contribution in [0.25, 0.3) is 22.8 Å². The maximum Gasteiger partial charge on any atom is 0.249 e. The highest BCUT2D eigenvalue weighted by atomic mass is 16.5. The summed E-state index contributed by atoms with van der Waals surface area (Å²) >= 11 is 0. The van der Waals surface area contributed by atoms with Crippen LogP contribution in [0.5, 0.6) is 5.75 Å². The summed E-state index contributed by atoms with van der Waals surface area (Å²) in [6.45, 7) is 3.97. The first-order valence-electron chi connectivity index (χ1n) is 9.98. The van der Waals surface area contributed by atoms with E-state index in [0.717, 1.165) is 22.1 Å². The molecule has 7 nitrogen and oxygen atoms in total. The van der Waals surface area contributed by atoms with Crippen LogP contribution in [0, 0.1) is 25.2 Å². The zero-order chi connectivity index (χ0) is 22.7. The quantitative estimate of drug-likeness (QED) is 0.475. The molecule has 0 atom stereocenters. The van der Waals surface area contributed by atoms with E-state index >= 15 is 0 Å². The van der Waals surface area contributed by atoms with Crippen LogP contribution in [-0.2, 0) is 4.79 Å². The maximum absolute atomic E-state index is 12.6. The van der Waals surface area contributed by atoms with Gasteiger partial charge in [-0.25, -0.2) is 4.98 Å². The molecule has 0 fully saturated rings. The molecule has 0 aliphatic rings. The van der Waals surface area contributed by atoms with Gasteiger partial charge in [0.1, 0.15) is 22.9 Å². The number of hydrogen-bond acceptors (Lipinski definition) is 5. The molecule has 0 radical (unpaired) electrons. The van der Waals surface area contributed by atoms with Crippen molar-refractivity contribution in [2.45, 2.75) is 13.8 Å². The number of fused-ring (bicyclic) bond motifs is 1. The molecule has 4 aromatic rings. The van der Waals surface area contributed by atoms with Gasteiger partial charge in [0.15, 0.2) is 11.6 Å². The molecule has 0 saturated carbocycles. The summed E-state index contributed by atoms with van der Waals surface area (Å²) in [5, 5.41) is 17.5. The highest BCUT2D eigenvalue weighted by Crippen LogP contribution is 2.29. The van der Waals surface area contributed by atoms with E-state index in [4.69, 9.17) is 9.72 Å². The van der Waals surface area contributed by atoms with Crippen LogP contribution >= 0.6 is 0 Å². The van der Waals surface area contributed by atoms with Gasteiger partial charge in [0.05, 0.1) is 13.3 Å². The lowest BCUT2D eigenvalue weighted by molar-refractivity contribution is -0.111. The van der Waals surface area contributed by atoms with Crippen molar-refractivity contribution in [1.82, 2.24) is 14.8 Å². The van der Waals surface area contributed by atoms with Crippen molar-refractivity contribution in [3.8, 4) is 17.6 Å². The molecule has 7 heteroatoms. The van der Waals surface area contributed by atoms with Gasteiger partial charge in [0.2, 0.25) is 5.91 Å². The number of carbonyl (C=O) groups excluding carboxylic acids is 1. The lowest BCUT2D eigenvalue weighted by Gasteiger charge is -2.12. The number of ether oxygens (including phenoxy) is 1. The van der Waals surface area contributed by atoms with Crippen molar-refractivity contribution < 1.29 is 9.53 Å². The molecule has 32 heavy (non-hydrogen) atoms. The number of anilines is 1. The summed E-state index contributed by atoms with van der Waals surface area (Å²) in [6.07, 6.45) is 4.54. The number of para-hydroxylation sites is 1. The Kier molecular flexibility index (Phi) is 5.69. The SMILES string of the molecule is COc1cccc2c(C)cc(-n3ncc(C#N)c3NC(=O)/C=C/c3ccc(C)cc3)nc12. The molecular weight excluding hydrogens is 402 g/mol. The van der Waals surface area contributed by atoms with Gasteiger partial charge in [-0.3, -0.25) is 4.79 Å². The molecule has 158 valence electrons. The first kappa shape index (κ1) is 20.8. The van der Waals surface area contributed by atoms with Crippen LogP contribution in [0.3, 0.4) is 0 Å². The van der Waals surface area contributed by atoms with Gasteiger partial charge >= 0.3 is 0 Å². The lowest BCUT2D eigenvalue weighted by atomic mass is 10.1. The normalized spacial score (nSPS) is 10.9. The van der Waals surface area contributed by atoms with Crippen molar-refractivity contribution in [3.63, 3.8) is 0 Å². The van der Waals surface area contributed by atoms with Crippen LogP contribution in [0.15, 0.2) is 60.8 Å². The number of rotatable bonds is 5. The minimum absolute atomic E-state index is 0.238. The maximum atomic E-state index is 12.6. The molecule has 0 saturated heterocycles. The summed E-state index contributed by atoms with van der Waals surface area (Å²) in [4.78, 5) is 17.3. The average molecular weight is 423 g/mol. The van der Waals surface area contributed by atoms with Gasteiger partial charge in [-0.2, -0.15) is 15.0 Å². The molecule has 2 aromatic heterocycles. The number of pyridine rings is 1. The largest absolute Gasteiger partial charge is 0.494 e. The third-order valence-corrected chi connectivity index (χ3v) is 5.07. The molecule has 1 amide bonds. The van der Waals surface area contributed by atoms with E-state index in [-0.39, 0.29) is 17.3 Å². The lowest BCUT2D eigenvalue weighted by Crippen LogP contribution is -2.14. The minimum Gasteiger partial charge on any atom is -0.494 e. The third kappa shape index (κ3) is 4.07. The fourth-order valence-corrected chi connectivity index (χ4v) is 3.38. The summed E-state index contributed by atoms with van der Waals surface area (Å²) in [7, 11) is 1.59. The number of nitriles is 1. The van der Waals surface area contributed by atoms with E-state index in [0.29, 0.717) is 17.1 Å². The standard InChI is InChI=1S/C25H21N5O2/c1-16-7-9-18(10-8-16)11-12-23(31)29-25-19(14-26)15-27-30(25)22-13-17(2)20-5-4-6-21(32-3)24(20)28-22/h4-13,15H,1-3H3,(H,29,31)/b12-11+. The van der Waals surface area contributed by atoms with Gasteiger partial charge in [-0.1, -0.05) is 42.0 Å². The van der Waals surface area contributed by atoms with Crippen LogP contribution in [-0.4, -0.2) is 27.8 Å². The molecule has 0 aliphatic heterocycles. The summed E-state index contributed by atoms with van der Waals surface area (Å²) < 4.78 is 6.91. The molecule has 4 rings (SSSR count). The molecule has 2 aromatic carbocycles. The number of aromatic nitrogens is 3. The van der Waals surface area contributed by atoms with Gasteiger partial charge in [-0.05, 0) is 43.2 Å². The number of nitrogens with one attached hydrogen (secondary N) is 1. The zero-order valence-electron chi connectivity index (χ0n) is 18.0. The third-order valence-electron chi connectivity index (χ3n) is 5.07. The van der Waals surface area contributed by atoms with Gasteiger partial charge in [0.25, 0.3) is 0 Å². The van der Waals surface area contributed by atoms with Crippen LogP contribution in [0.2, 0.25) is 0 Å². The predicted octanol–water partition coefficient (Wildman–Crippen LogP) is 4.57. The van der Waals surface area contributed by atoms with Crippen molar-refractivity contribution in [2.24, 2.45) is 0 Å². The van der Waals surface area contributed by atoms with Crippen LogP contribution in [0.1, 0.15) is 22.3 Å². The predicted molar refractivity (Wildman–Crippen MR) is 124 cm³/mol. The Morgan fingerprint density at radius 3 is 2.69 bits per heavy atom. The number of carbonyl (C=O) groups is 1. The molecule has 0 unspecified atom stereocenters. The second kappa shape index (κ2) is 8.74. The molecule has 0 aliphatic carbocycles. The number of amides is 1. The Balaban J connectivity index is 1.70.